The summed E-state index contributed by atoms with van der Waals surface area (Å²) in [6.45, 7) is 7.55. The summed E-state index contributed by atoms with van der Waals surface area (Å²) in [5, 5.41) is 0. The highest BCUT2D eigenvalue weighted by atomic mass is 19.1. The number of amides is 1. The molecule has 1 heterocycles. The van der Waals surface area contributed by atoms with Crippen molar-refractivity contribution in [1.82, 2.24) is 0 Å². The molecule has 0 atom stereocenters. The number of nitrogen functional groups attached to an aromatic ring is 1. The molecule has 0 aliphatic carbocycles. The lowest BCUT2D eigenvalue weighted by Gasteiger charge is -2.25. The van der Waals surface area contributed by atoms with Gasteiger partial charge in [0.15, 0.2) is 5.82 Å². The minimum absolute atomic E-state index is 0.157. The fourth-order valence-electron chi connectivity index (χ4n) is 2.15. The van der Waals surface area contributed by atoms with Crippen molar-refractivity contribution in [3.8, 4) is 0 Å². The van der Waals surface area contributed by atoms with Crippen LogP contribution in [0.2, 0.25) is 0 Å². The van der Waals surface area contributed by atoms with Gasteiger partial charge in [-0.3, -0.25) is 4.90 Å². The lowest BCUT2D eigenvalue weighted by atomic mass is 10.1. The molecule has 4 nitrogen and oxygen atoms in total. The van der Waals surface area contributed by atoms with E-state index < -0.39 is 17.5 Å². The van der Waals surface area contributed by atoms with Crippen LogP contribution in [0, 0.1) is 12.7 Å². The van der Waals surface area contributed by atoms with Crippen molar-refractivity contribution in [2.75, 3.05) is 17.2 Å². The van der Waals surface area contributed by atoms with Gasteiger partial charge in [-0.15, -0.1) is 0 Å². The maximum Gasteiger partial charge on any atom is 0.414 e. The van der Waals surface area contributed by atoms with Crippen molar-refractivity contribution in [3.63, 3.8) is 0 Å². The molecule has 5 heteroatoms. The highest BCUT2D eigenvalue weighted by Crippen LogP contribution is 2.35. The predicted molar refractivity (Wildman–Crippen MR) is 72.8 cm³/mol. The molecule has 0 saturated heterocycles. The Hall–Kier alpha value is -1.78. The lowest BCUT2D eigenvalue weighted by Crippen LogP contribution is -2.35. The molecule has 0 radical (unpaired) electrons. The highest BCUT2D eigenvalue weighted by molar-refractivity contribution is 5.91. The van der Waals surface area contributed by atoms with E-state index in [0.29, 0.717) is 29.8 Å². The SMILES string of the molecule is Cc1cc2c(c(F)c1N)CCN2C(=O)OC(C)(C)C. The smallest absolute Gasteiger partial charge is 0.414 e. The zero-order chi connectivity index (χ0) is 14.4. The van der Waals surface area contributed by atoms with Gasteiger partial charge in [0.1, 0.15) is 5.60 Å². The molecule has 1 aliphatic heterocycles. The molecule has 1 amide bonds. The van der Waals surface area contributed by atoms with E-state index in [1.54, 1.807) is 33.8 Å². The van der Waals surface area contributed by atoms with Crippen LogP contribution in [0.1, 0.15) is 31.9 Å². The van der Waals surface area contributed by atoms with Crippen LogP contribution in [0.15, 0.2) is 6.07 Å². The van der Waals surface area contributed by atoms with Crippen molar-refractivity contribution < 1.29 is 13.9 Å². The molecule has 104 valence electrons. The van der Waals surface area contributed by atoms with Crippen molar-refractivity contribution in [2.24, 2.45) is 0 Å². The molecular formula is C14H19FN2O2. The van der Waals surface area contributed by atoms with Crippen LogP contribution in [0.5, 0.6) is 0 Å². The number of ether oxygens (including phenoxy) is 1. The number of benzene rings is 1. The second-order valence-corrected chi connectivity index (χ2v) is 5.80. The normalized spacial score (nSPS) is 14.5. The number of nitrogens with zero attached hydrogens (tertiary/aromatic N) is 1. The molecule has 1 aromatic rings. The van der Waals surface area contributed by atoms with E-state index in [1.165, 1.54) is 4.90 Å². The third-order valence-electron chi connectivity index (χ3n) is 3.08. The van der Waals surface area contributed by atoms with Gasteiger partial charge < -0.3 is 10.5 Å². The average molecular weight is 266 g/mol. The number of hydrogen-bond acceptors (Lipinski definition) is 3. The number of halogens is 1. The number of aryl methyl sites for hydroxylation is 1. The monoisotopic (exact) mass is 266 g/mol. The summed E-state index contributed by atoms with van der Waals surface area (Å²) in [6.07, 6.45) is 0.0139. The largest absolute Gasteiger partial charge is 0.443 e. The minimum atomic E-state index is -0.568. The molecule has 2 N–H and O–H groups in total. The van der Waals surface area contributed by atoms with Gasteiger partial charge in [0.25, 0.3) is 0 Å². The van der Waals surface area contributed by atoms with Gasteiger partial charge in [0, 0.05) is 12.1 Å². The first kappa shape index (κ1) is 13.6. The first-order valence-electron chi connectivity index (χ1n) is 6.28. The molecule has 1 aromatic carbocycles. The fraction of sp³-hybridized carbons (Fsp3) is 0.500. The summed E-state index contributed by atoms with van der Waals surface area (Å²) in [7, 11) is 0. The molecule has 0 bridgehead atoms. The zero-order valence-electron chi connectivity index (χ0n) is 11.7. The maximum atomic E-state index is 14.0. The van der Waals surface area contributed by atoms with E-state index in [2.05, 4.69) is 0 Å². The first-order valence-corrected chi connectivity index (χ1v) is 6.28. The van der Waals surface area contributed by atoms with Crippen LogP contribution in [0.4, 0.5) is 20.6 Å². The molecular weight excluding hydrogens is 247 g/mol. The molecule has 0 fully saturated rings. The third kappa shape index (κ3) is 2.50. The Kier molecular flexibility index (Phi) is 3.16. The van der Waals surface area contributed by atoms with Gasteiger partial charge in [-0.25, -0.2) is 9.18 Å². The molecule has 2 rings (SSSR count). The van der Waals surface area contributed by atoms with Crippen LogP contribution in [-0.4, -0.2) is 18.2 Å². The van der Waals surface area contributed by atoms with E-state index in [4.69, 9.17) is 10.5 Å². The number of anilines is 2. The molecule has 19 heavy (non-hydrogen) atoms. The summed E-state index contributed by atoms with van der Waals surface area (Å²) in [5.41, 5.74) is 6.95. The summed E-state index contributed by atoms with van der Waals surface area (Å²) < 4.78 is 19.4. The van der Waals surface area contributed by atoms with Crippen LogP contribution in [0.3, 0.4) is 0 Å². The Morgan fingerprint density at radius 1 is 1.47 bits per heavy atom. The van der Waals surface area contributed by atoms with E-state index in [9.17, 15) is 9.18 Å². The zero-order valence-corrected chi connectivity index (χ0v) is 11.7. The highest BCUT2D eigenvalue weighted by Gasteiger charge is 2.31. The second-order valence-electron chi connectivity index (χ2n) is 5.80. The van der Waals surface area contributed by atoms with Crippen LogP contribution >= 0.6 is 0 Å². The van der Waals surface area contributed by atoms with Crippen molar-refractivity contribution >= 4 is 17.5 Å². The quantitative estimate of drug-likeness (QED) is 0.734. The average Bonchev–Trinajstić information content (AvgIpc) is 2.67. The van der Waals surface area contributed by atoms with E-state index in [0.717, 1.165) is 0 Å². The summed E-state index contributed by atoms with van der Waals surface area (Å²) in [4.78, 5) is 13.5. The molecule has 0 unspecified atom stereocenters. The number of rotatable bonds is 0. The Balaban J connectivity index is 2.35. The Labute approximate surface area is 112 Å². The lowest BCUT2D eigenvalue weighted by molar-refractivity contribution is 0.0584. The topological polar surface area (TPSA) is 55.6 Å². The van der Waals surface area contributed by atoms with E-state index in [1.807, 2.05) is 0 Å². The van der Waals surface area contributed by atoms with Crippen LogP contribution < -0.4 is 10.6 Å². The van der Waals surface area contributed by atoms with Gasteiger partial charge in [-0.05, 0) is 45.7 Å². The van der Waals surface area contributed by atoms with E-state index in [-0.39, 0.29) is 5.69 Å². The van der Waals surface area contributed by atoms with Crippen LogP contribution in [-0.2, 0) is 11.2 Å². The van der Waals surface area contributed by atoms with Gasteiger partial charge in [0.2, 0.25) is 0 Å². The molecule has 0 saturated carbocycles. The number of carbonyl (C=O) groups is 1. The Morgan fingerprint density at radius 2 is 2.11 bits per heavy atom. The minimum Gasteiger partial charge on any atom is -0.443 e. The third-order valence-corrected chi connectivity index (χ3v) is 3.08. The molecule has 0 aromatic heterocycles. The second kappa shape index (κ2) is 4.40. The van der Waals surface area contributed by atoms with Crippen molar-refractivity contribution in [2.45, 2.75) is 39.7 Å². The van der Waals surface area contributed by atoms with Gasteiger partial charge in [-0.1, -0.05) is 0 Å². The van der Waals surface area contributed by atoms with Crippen molar-refractivity contribution in [3.05, 3.63) is 23.0 Å². The Bertz CT molecular complexity index is 535. The summed E-state index contributed by atoms with van der Waals surface area (Å²) >= 11 is 0. The fourth-order valence-corrected chi connectivity index (χ4v) is 2.15. The number of fused-ring (bicyclic) bond motifs is 1. The predicted octanol–water partition coefficient (Wildman–Crippen LogP) is 3.01. The Morgan fingerprint density at radius 3 is 2.68 bits per heavy atom. The standard InChI is InChI=1S/C14H19FN2O2/c1-8-7-10-9(11(15)12(8)16)5-6-17(10)13(18)19-14(2,3)4/h7H,5-6,16H2,1-4H3. The van der Waals surface area contributed by atoms with Crippen molar-refractivity contribution in [1.29, 1.82) is 0 Å². The number of hydrogen-bond donors (Lipinski definition) is 1. The van der Waals surface area contributed by atoms with Gasteiger partial charge in [-0.2, -0.15) is 0 Å². The van der Waals surface area contributed by atoms with E-state index >= 15 is 0 Å². The summed E-state index contributed by atoms with van der Waals surface area (Å²) in [5.74, 6) is -0.416. The molecule has 0 spiro atoms. The summed E-state index contributed by atoms with van der Waals surface area (Å²) in [6, 6.07) is 1.74. The van der Waals surface area contributed by atoms with Crippen LogP contribution in [0.25, 0.3) is 0 Å². The number of nitrogens with two attached hydrogens (primary N) is 1. The number of carbonyl (C=O) groups excluding carboxylic acids is 1. The van der Waals surface area contributed by atoms with Gasteiger partial charge >= 0.3 is 6.09 Å². The first-order chi connectivity index (χ1) is 8.70. The maximum absolute atomic E-state index is 14.0. The van der Waals surface area contributed by atoms with Gasteiger partial charge in [0.05, 0.1) is 11.4 Å². The molecule has 1 aliphatic rings.